The van der Waals surface area contributed by atoms with Crippen LogP contribution in [0.15, 0.2) is 48.5 Å². The number of hydrogen-bond donors (Lipinski definition) is 3. The molecule has 34 heavy (non-hydrogen) atoms. The molecule has 1 aliphatic rings. The number of Topliss-reactive ketones (excluding diaryl/α,β-unsaturated/α-hetero) is 1. The molecule has 1 unspecified atom stereocenters. The van der Waals surface area contributed by atoms with Crippen LogP contribution < -0.4 is 20.7 Å². The number of hydrogen-bond acceptors (Lipinski definition) is 4. The lowest BCUT2D eigenvalue weighted by Crippen LogP contribution is -2.51. The van der Waals surface area contributed by atoms with Gasteiger partial charge in [-0.1, -0.05) is 57.9 Å². The number of carbonyl (C=O) groups excluding carboxylic acids is 2. The Morgan fingerprint density at radius 2 is 1.68 bits per heavy atom. The molecule has 0 aliphatic carbocycles. The fraction of sp³-hybridized carbons (Fsp3) is 0.500. The van der Waals surface area contributed by atoms with E-state index < -0.39 is 0 Å². The van der Waals surface area contributed by atoms with Crippen LogP contribution in [-0.2, 0) is 17.8 Å². The minimum Gasteiger partial charge on any atom is -0.497 e. The van der Waals surface area contributed by atoms with E-state index in [1.54, 1.807) is 26.2 Å². The number of nitrogens with one attached hydrogen (secondary N) is 3. The predicted octanol–water partition coefficient (Wildman–Crippen LogP) is 5.57. The molecule has 1 fully saturated rings. The maximum Gasteiger partial charge on any atom is 0.319 e. The van der Waals surface area contributed by atoms with Crippen LogP contribution in [0.4, 0.5) is 10.5 Å². The average Bonchev–Trinajstić information content (AvgIpc) is 2.81. The van der Waals surface area contributed by atoms with E-state index in [9.17, 15) is 9.59 Å². The van der Waals surface area contributed by atoms with E-state index >= 15 is 0 Å². The molecule has 3 N–H and O–H groups in total. The molecule has 0 spiro atoms. The van der Waals surface area contributed by atoms with Gasteiger partial charge in [0, 0.05) is 31.7 Å². The first-order valence-electron chi connectivity index (χ1n) is 12.2. The van der Waals surface area contributed by atoms with Crippen LogP contribution in [-0.4, -0.2) is 32.0 Å². The third-order valence-corrected chi connectivity index (χ3v) is 6.32. The number of ether oxygens (including phenoxy) is 1. The monoisotopic (exact) mass is 467 g/mol. The van der Waals surface area contributed by atoms with Crippen molar-refractivity contribution >= 4 is 17.5 Å². The van der Waals surface area contributed by atoms with E-state index in [-0.39, 0.29) is 11.8 Å². The van der Waals surface area contributed by atoms with Gasteiger partial charge in [-0.3, -0.25) is 4.79 Å². The SMILES string of the molecule is CCC(C)CCC1(C)CNC1.COc1ccc(CNC(=O)Nc2ccc(CC(C)=O)cc2)cc1. The van der Waals surface area contributed by atoms with Gasteiger partial charge < -0.3 is 20.7 Å². The van der Waals surface area contributed by atoms with Crippen LogP contribution in [0.2, 0.25) is 0 Å². The summed E-state index contributed by atoms with van der Waals surface area (Å²) in [5.74, 6) is 1.82. The smallest absolute Gasteiger partial charge is 0.319 e. The van der Waals surface area contributed by atoms with Gasteiger partial charge in [-0.15, -0.1) is 0 Å². The first kappa shape index (κ1) is 27.4. The molecule has 1 saturated heterocycles. The van der Waals surface area contributed by atoms with Crippen molar-refractivity contribution in [3.05, 3.63) is 59.7 Å². The molecule has 0 bridgehead atoms. The van der Waals surface area contributed by atoms with Crippen molar-refractivity contribution < 1.29 is 14.3 Å². The topological polar surface area (TPSA) is 79.5 Å². The van der Waals surface area contributed by atoms with Gasteiger partial charge in [0.1, 0.15) is 11.5 Å². The zero-order chi connectivity index (χ0) is 25.0. The standard InChI is InChI=1S/C18H20N2O3.C10H21N/c1-13(21)11-14-3-7-16(8-4-14)20-18(22)19-12-15-5-9-17(23-2)10-6-15;1-4-9(2)5-6-10(3)7-11-8-10/h3-10H,11-12H2,1-2H3,(H2,19,20,22);9,11H,4-8H2,1-3H3. The molecule has 3 rings (SSSR count). The van der Waals surface area contributed by atoms with E-state index in [1.165, 1.54) is 32.4 Å². The molecule has 6 heteroatoms. The lowest BCUT2D eigenvalue weighted by Gasteiger charge is -2.40. The van der Waals surface area contributed by atoms with Gasteiger partial charge in [-0.05, 0) is 60.1 Å². The lowest BCUT2D eigenvalue weighted by molar-refractivity contribution is -0.116. The van der Waals surface area contributed by atoms with Crippen molar-refractivity contribution in [2.24, 2.45) is 11.3 Å². The molecular weight excluding hydrogens is 426 g/mol. The van der Waals surface area contributed by atoms with E-state index in [0.717, 1.165) is 22.8 Å². The predicted molar refractivity (Wildman–Crippen MR) is 139 cm³/mol. The van der Waals surface area contributed by atoms with E-state index in [1.807, 2.05) is 36.4 Å². The van der Waals surface area contributed by atoms with Gasteiger partial charge in [0.05, 0.1) is 7.11 Å². The second-order valence-corrected chi connectivity index (χ2v) is 9.70. The molecule has 186 valence electrons. The third kappa shape index (κ3) is 9.96. The minimum atomic E-state index is -0.278. The van der Waals surface area contributed by atoms with Crippen molar-refractivity contribution in [2.45, 2.75) is 59.9 Å². The van der Waals surface area contributed by atoms with Gasteiger partial charge >= 0.3 is 6.03 Å². The highest BCUT2D eigenvalue weighted by atomic mass is 16.5. The normalized spacial score (nSPS) is 14.6. The van der Waals surface area contributed by atoms with E-state index in [0.29, 0.717) is 24.1 Å². The fourth-order valence-electron chi connectivity index (χ4n) is 3.62. The number of rotatable bonds is 10. The fourth-order valence-corrected chi connectivity index (χ4v) is 3.62. The van der Waals surface area contributed by atoms with Gasteiger partial charge in [0.25, 0.3) is 0 Å². The number of ketones is 1. The molecule has 0 saturated carbocycles. The number of carbonyl (C=O) groups is 2. The Hall–Kier alpha value is -2.86. The summed E-state index contributed by atoms with van der Waals surface area (Å²) in [6, 6.07) is 14.5. The van der Waals surface area contributed by atoms with Crippen LogP contribution in [0.3, 0.4) is 0 Å². The molecular formula is C28H41N3O3. The summed E-state index contributed by atoms with van der Waals surface area (Å²) in [5, 5.41) is 8.89. The number of anilines is 1. The first-order valence-corrected chi connectivity index (χ1v) is 12.2. The lowest BCUT2D eigenvalue weighted by atomic mass is 9.78. The number of urea groups is 1. The molecule has 0 radical (unpaired) electrons. The van der Waals surface area contributed by atoms with Crippen molar-refractivity contribution in [1.29, 1.82) is 0 Å². The number of methoxy groups -OCH3 is 1. The van der Waals surface area contributed by atoms with Crippen LogP contribution in [0, 0.1) is 11.3 Å². The Bertz CT molecular complexity index is 890. The zero-order valence-electron chi connectivity index (χ0n) is 21.4. The van der Waals surface area contributed by atoms with Crippen LogP contribution >= 0.6 is 0 Å². The van der Waals surface area contributed by atoms with Crippen LogP contribution in [0.5, 0.6) is 5.75 Å². The van der Waals surface area contributed by atoms with Crippen molar-refractivity contribution in [1.82, 2.24) is 10.6 Å². The molecule has 2 aromatic carbocycles. The Morgan fingerprint density at radius 1 is 1.06 bits per heavy atom. The summed E-state index contributed by atoms with van der Waals surface area (Å²) >= 11 is 0. The second kappa shape index (κ2) is 13.8. The van der Waals surface area contributed by atoms with Gasteiger partial charge in [-0.2, -0.15) is 0 Å². The van der Waals surface area contributed by atoms with Crippen molar-refractivity contribution in [3.63, 3.8) is 0 Å². The summed E-state index contributed by atoms with van der Waals surface area (Å²) in [7, 11) is 1.61. The summed E-state index contributed by atoms with van der Waals surface area (Å²) in [5.41, 5.74) is 3.24. The second-order valence-electron chi connectivity index (χ2n) is 9.70. The summed E-state index contributed by atoms with van der Waals surface area (Å²) in [4.78, 5) is 22.9. The summed E-state index contributed by atoms with van der Waals surface area (Å²) in [6.45, 7) is 11.5. The Kier molecular flexibility index (Phi) is 11.1. The Labute approximate surface area is 204 Å². The maximum atomic E-state index is 11.9. The molecule has 1 atom stereocenters. The Morgan fingerprint density at radius 3 is 2.18 bits per heavy atom. The van der Waals surface area contributed by atoms with Crippen LogP contribution in [0.25, 0.3) is 0 Å². The van der Waals surface area contributed by atoms with E-state index in [4.69, 9.17) is 4.74 Å². The molecule has 0 aromatic heterocycles. The quantitative estimate of drug-likeness (QED) is 0.427. The molecule has 6 nitrogen and oxygen atoms in total. The summed E-state index contributed by atoms with van der Waals surface area (Å²) < 4.78 is 5.09. The molecule has 2 amide bonds. The summed E-state index contributed by atoms with van der Waals surface area (Å²) in [6.07, 6.45) is 4.57. The van der Waals surface area contributed by atoms with Crippen LogP contribution in [0.1, 0.15) is 58.1 Å². The highest BCUT2D eigenvalue weighted by molar-refractivity contribution is 5.89. The number of benzene rings is 2. The maximum absolute atomic E-state index is 11.9. The van der Waals surface area contributed by atoms with Gasteiger partial charge in [-0.25, -0.2) is 4.79 Å². The van der Waals surface area contributed by atoms with Crippen molar-refractivity contribution in [3.8, 4) is 5.75 Å². The largest absolute Gasteiger partial charge is 0.497 e. The molecule has 1 aliphatic heterocycles. The number of amides is 2. The zero-order valence-corrected chi connectivity index (χ0v) is 21.4. The Balaban J connectivity index is 0.000000310. The molecule has 1 heterocycles. The highest BCUT2D eigenvalue weighted by Gasteiger charge is 2.30. The van der Waals surface area contributed by atoms with Gasteiger partial charge in [0.15, 0.2) is 0 Å². The van der Waals surface area contributed by atoms with Gasteiger partial charge in [0.2, 0.25) is 0 Å². The molecule has 2 aromatic rings. The van der Waals surface area contributed by atoms with E-state index in [2.05, 4.69) is 36.7 Å². The first-order chi connectivity index (χ1) is 16.2. The average molecular weight is 468 g/mol. The highest BCUT2D eigenvalue weighted by Crippen LogP contribution is 2.29. The third-order valence-electron chi connectivity index (χ3n) is 6.32. The minimum absolute atomic E-state index is 0.114. The van der Waals surface area contributed by atoms with Crippen molar-refractivity contribution in [2.75, 3.05) is 25.5 Å².